The van der Waals surface area contributed by atoms with Crippen LogP contribution in [0.5, 0.6) is 0 Å². The first-order valence-electron chi connectivity index (χ1n) is 6.58. The van der Waals surface area contributed by atoms with Gasteiger partial charge in [-0.1, -0.05) is 0 Å². The molecule has 1 nitrogen and oxygen atoms in total. The van der Waals surface area contributed by atoms with Gasteiger partial charge in [0, 0.05) is 0 Å². The summed E-state index contributed by atoms with van der Waals surface area (Å²) in [4.78, 5) is 2.35. The van der Waals surface area contributed by atoms with Crippen molar-refractivity contribution in [3.63, 3.8) is 0 Å². The number of nitrogens with zero attached hydrogens (tertiary/aromatic N) is 1. The average molecular weight is 421 g/mol. The van der Waals surface area contributed by atoms with Gasteiger partial charge in [-0.05, 0) is 0 Å². The summed E-state index contributed by atoms with van der Waals surface area (Å²) in [5, 5.41) is 1.43. The second-order valence-corrected chi connectivity index (χ2v) is 8.23. The first-order chi connectivity index (χ1) is 9.62. The van der Waals surface area contributed by atoms with Crippen LogP contribution in [-0.2, 0) is 0 Å². The van der Waals surface area contributed by atoms with Crippen molar-refractivity contribution >= 4 is 28.9 Å². The molecule has 0 amide bonds. The van der Waals surface area contributed by atoms with E-state index in [-0.39, 0.29) is 21.2 Å². The molecule has 0 spiro atoms. The molecule has 0 fully saturated rings. The predicted molar refractivity (Wildman–Crippen MR) is 83.9 cm³/mol. The zero-order chi connectivity index (χ0) is 14.5. The molecule has 0 saturated heterocycles. The van der Waals surface area contributed by atoms with E-state index in [4.69, 9.17) is 23.2 Å². The Labute approximate surface area is 141 Å². The summed E-state index contributed by atoms with van der Waals surface area (Å²) in [7, 11) is 0. The van der Waals surface area contributed by atoms with Crippen LogP contribution < -0.4 is 26.1 Å². The van der Waals surface area contributed by atoms with Gasteiger partial charge >= 0.3 is 142 Å². The molecular weight excluding hydrogens is 404 g/mol. The van der Waals surface area contributed by atoms with E-state index in [0.717, 1.165) is 13.1 Å². The molecule has 0 aliphatic heterocycles. The normalized spacial score (nSPS) is 10.8. The molecule has 0 saturated carbocycles. The van der Waals surface area contributed by atoms with E-state index >= 15 is 0 Å². The fourth-order valence-corrected chi connectivity index (χ4v) is 5.32. The fourth-order valence-electron chi connectivity index (χ4n) is 2.00. The van der Waals surface area contributed by atoms with Crippen molar-refractivity contribution in [2.75, 3.05) is 18.0 Å². The summed E-state index contributed by atoms with van der Waals surface area (Å²) >= 11 is 11.9. The maximum absolute atomic E-state index is 6.05. The summed E-state index contributed by atoms with van der Waals surface area (Å²) in [6, 6.07) is 14.6. The Morgan fingerprint density at radius 1 is 0.850 bits per heavy atom. The van der Waals surface area contributed by atoms with Crippen LogP contribution in [-0.4, -0.2) is 13.1 Å². The molecule has 0 heterocycles. The minimum atomic E-state index is -0.234. The van der Waals surface area contributed by atoms with Crippen molar-refractivity contribution in [3.05, 3.63) is 59.7 Å². The SMILES string of the molecule is CCN(CC)c1ccc([I-]c2cc(Cl)cc(Cl)c2)cc1. The molecule has 0 aliphatic rings. The van der Waals surface area contributed by atoms with Gasteiger partial charge in [0.05, 0.1) is 0 Å². The Morgan fingerprint density at radius 2 is 1.40 bits per heavy atom. The number of hydrogen-bond acceptors (Lipinski definition) is 1. The maximum atomic E-state index is 6.05. The number of hydrogen-bond donors (Lipinski definition) is 0. The Kier molecular flexibility index (Phi) is 6.00. The molecular formula is C16H17Cl2IN-. The summed E-state index contributed by atoms with van der Waals surface area (Å²) in [6.45, 7) is 6.43. The molecule has 2 aromatic rings. The quantitative estimate of drug-likeness (QED) is 0.668. The van der Waals surface area contributed by atoms with Crippen molar-refractivity contribution in [3.8, 4) is 0 Å². The molecule has 2 aromatic carbocycles. The van der Waals surface area contributed by atoms with Crippen LogP contribution in [0.2, 0.25) is 10.0 Å². The van der Waals surface area contributed by atoms with Crippen LogP contribution in [0.15, 0.2) is 42.5 Å². The Balaban J connectivity index is 2.14. The van der Waals surface area contributed by atoms with Crippen molar-refractivity contribution in [1.29, 1.82) is 0 Å². The molecule has 0 N–H and O–H groups in total. The first-order valence-corrected chi connectivity index (χ1v) is 9.49. The topological polar surface area (TPSA) is 3.24 Å². The van der Waals surface area contributed by atoms with E-state index in [1.54, 1.807) is 6.07 Å². The minimum absolute atomic E-state index is 0.234. The second kappa shape index (κ2) is 7.53. The Hall–Kier alpha value is -0.450. The van der Waals surface area contributed by atoms with Gasteiger partial charge in [-0.3, -0.25) is 0 Å². The second-order valence-electron chi connectivity index (χ2n) is 4.33. The van der Waals surface area contributed by atoms with Crippen LogP contribution in [0.3, 0.4) is 0 Å². The Bertz CT molecular complexity index is 545. The van der Waals surface area contributed by atoms with Crippen molar-refractivity contribution in [1.82, 2.24) is 0 Å². The third-order valence-corrected chi connectivity index (χ3v) is 6.02. The van der Waals surface area contributed by atoms with E-state index in [1.165, 1.54) is 12.8 Å². The summed E-state index contributed by atoms with van der Waals surface area (Å²) < 4.78 is 2.62. The van der Waals surface area contributed by atoms with Gasteiger partial charge in [0.15, 0.2) is 0 Å². The van der Waals surface area contributed by atoms with Gasteiger partial charge in [0.1, 0.15) is 0 Å². The molecule has 0 aromatic heterocycles. The fraction of sp³-hybridized carbons (Fsp3) is 0.250. The van der Waals surface area contributed by atoms with Gasteiger partial charge in [0.25, 0.3) is 0 Å². The van der Waals surface area contributed by atoms with E-state index < -0.39 is 0 Å². The summed E-state index contributed by atoms with van der Waals surface area (Å²) in [6.07, 6.45) is 0. The van der Waals surface area contributed by atoms with Crippen molar-refractivity contribution in [2.45, 2.75) is 13.8 Å². The number of rotatable bonds is 5. The van der Waals surface area contributed by atoms with Crippen LogP contribution in [0.25, 0.3) is 0 Å². The summed E-state index contributed by atoms with van der Waals surface area (Å²) in [5.74, 6) is 0. The van der Waals surface area contributed by atoms with Crippen LogP contribution in [0.4, 0.5) is 5.69 Å². The molecule has 2 rings (SSSR count). The van der Waals surface area contributed by atoms with E-state index in [2.05, 4.69) is 43.0 Å². The van der Waals surface area contributed by atoms with Gasteiger partial charge in [-0.2, -0.15) is 0 Å². The summed E-state index contributed by atoms with van der Waals surface area (Å²) in [5.41, 5.74) is 1.28. The molecule has 0 aliphatic carbocycles. The number of benzene rings is 2. The molecule has 20 heavy (non-hydrogen) atoms. The first kappa shape index (κ1) is 15.9. The molecule has 0 bridgehead atoms. The average Bonchev–Trinajstić information content (AvgIpc) is 2.41. The van der Waals surface area contributed by atoms with Gasteiger partial charge in [-0.25, -0.2) is 0 Å². The van der Waals surface area contributed by atoms with Gasteiger partial charge in [-0.15, -0.1) is 0 Å². The number of halogens is 3. The molecule has 108 valence electrons. The van der Waals surface area contributed by atoms with E-state index in [9.17, 15) is 0 Å². The standard InChI is InChI=1S/C16H17Cl2IN/c1-3-20(4-2)16-7-5-14(6-8-16)19-15-10-12(17)9-13(18)11-15/h5-11H,3-4H2,1-2H3/q-1. The predicted octanol–water partition coefficient (Wildman–Crippen LogP) is 1.97. The van der Waals surface area contributed by atoms with Crippen LogP contribution in [0.1, 0.15) is 13.8 Å². The molecule has 4 heteroatoms. The zero-order valence-electron chi connectivity index (χ0n) is 11.5. The molecule has 0 atom stereocenters. The van der Waals surface area contributed by atoms with E-state index in [1.807, 2.05) is 12.1 Å². The van der Waals surface area contributed by atoms with Crippen molar-refractivity contribution < 1.29 is 21.2 Å². The third-order valence-electron chi connectivity index (χ3n) is 3.00. The third kappa shape index (κ3) is 4.27. The van der Waals surface area contributed by atoms with E-state index in [0.29, 0.717) is 10.0 Å². The van der Waals surface area contributed by atoms with Crippen molar-refractivity contribution in [2.24, 2.45) is 0 Å². The molecule has 0 unspecified atom stereocenters. The monoisotopic (exact) mass is 420 g/mol. The molecule has 0 radical (unpaired) electrons. The van der Waals surface area contributed by atoms with Gasteiger partial charge in [0.2, 0.25) is 0 Å². The Morgan fingerprint density at radius 3 is 1.90 bits per heavy atom. The van der Waals surface area contributed by atoms with Gasteiger partial charge < -0.3 is 0 Å². The number of anilines is 1. The zero-order valence-corrected chi connectivity index (χ0v) is 15.2. The van der Waals surface area contributed by atoms with Crippen LogP contribution >= 0.6 is 23.2 Å². The van der Waals surface area contributed by atoms with Crippen LogP contribution in [0, 0.1) is 7.14 Å².